The maximum atomic E-state index is 12.1. The van der Waals surface area contributed by atoms with Crippen LogP contribution in [0.5, 0.6) is 5.75 Å². The van der Waals surface area contributed by atoms with Crippen LogP contribution < -0.4 is 4.74 Å². The van der Waals surface area contributed by atoms with Gasteiger partial charge in [0.05, 0.1) is 12.5 Å². The van der Waals surface area contributed by atoms with Gasteiger partial charge in [-0.3, -0.25) is 0 Å². The normalized spacial score (nSPS) is 13.2. The number of aliphatic hydroxyl groups is 1. The lowest BCUT2D eigenvalue weighted by Gasteiger charge is -2.14. The Balaban J connectivity index is 1.95. The molecule has 2 rings (SSSR count). The van der Waals surface area contributed by atoms with Crippen molar-refractivity contribution in [1.82, 2.24) is 4.98 Å². The number of hydrogen-bond donors (Lipinski definition) is 1. The molecule has 0 unspecified atom stereocenters. The summed E-state index contributed by atoms with van der Waals surface area (Å²) in [5.74, 6) is 0.402. The number of hydrogen-bond acceptors (Lipinski definition) is 4. The molecule has 0 amide bonds. The van der Waals surface area contributed by atoms with Gasteiger partial charge < -0.3 is 9.84 Å². The van der Waals surface area contributed by atoms with Crippen molar-refractivity contribution in [2.75, 3.05) is 6.61 Å². The van der Waals surface area contributed by atoms with Gasteiger partial charge in [0.2, 0.25) is 0 Å². The second-order valence-corrected chi connectivity index (χ2v) is 5.04. The van der Waals surface area contributed by atoms with Crippen LogP contribution in [-0.2, 0) is 0 Å². The van der Waals surface area contributed by atoms with Crippen LogP contribution in [0.4, 0.5) is 13.2 Å². The predicted molar refractivity (Wildman–Crippen MR) is 69.7 cm³/mol. The summed E-state index contributed by atoms with van der Waals surface area (Å²) in [5.41, 5.74) is 0.822. The van der Waals surface area contributed by atoms with Gasteiger partial charge in [-0.15, -0.1) is 11.3 Å². The molecule has 1 aromatic heterocycles. The van der Waals surface area contributed by atoms with Gasteiger partial charge in [0.25, 0.3) is 0 Å². The van der Waals surface area contributed by atoms with E-state index < -0.39 is 25.3 Å². The first-order valence-corrected chi connectivity index (χ1v) is 6.69. The Morgan fingerprint density at radius 2 is 2.15 bits per heavy atom. The molecule has 1 N–H and O–H groups in total. The highest BCUT2D eigenvalue weighted by molar-refractivity contribution is 7.13. The van der Waals surface area contributed by atoms with Gasteiger partial charge >= 0.3 is 6.18 Å². The van der Waals surface area contributed by atoms with E-state index in [4.69, 9.17) is 4.74 Å². The van der Waals surface area contributed by atoms with Crippen molar-refractivity contribution in [3.63, 3.8) is 0 Å². The van der Waals surface area contributed by atoms with Gasteiger partial charge in [0.15, 0.2) is 0 Å². The third kappa shape index (κ3) is 4.50. The Bertz CT molecular complexity index is 543. The fourth-order valence-electron chi connectivity index (χ4n) is 1.60. The maximum absolute atomic E-state index is 12.1. The SMILES string of the molecule is O[C@@H](COc1cccc(-c2nccs2)c1)CC(F)(F)F. The van der Waals surface area contributed by atoms with Gasteiger partial charge in [-0.25, -0.2) is 4.98 Å². The monoisotopic (exact) mass is 303 g/mol. The predicted octanol–water partition coefficient (Wildman–Crippen LogP) is 3.50. The quantitative estimate of drug-likeness (QED) is 0.919. The average molecular weight is 303 g/mol. The highest BCUT2D eigenvalue weighted by Crippen LogP contribution is 2.26. The molecule has 0 aliphatic heterocycles. The van der Waals surface area contributed by atoms with Crippen molar-refractivity contribution < 1.29 is 23.0 Å². The lowest BCUT2D eigenvalue weighted by atomic mass is 10.2. The molecule has 0 fully saturated rings. The Hall–Kier alpha value is -1.60. The molecule has 108 valence electrons. The summed E-state index contributed by atoms with van der Waals surface area (Å²) < 4.78 is 41.4. The lowest BCUT2D eigenvalue weighted by molar-refractivity contribution is -0.156. The summed E-state index contributed by atoms with van der Waals surface area (Å²) in [5, 5.41) is 11.9. The van der Waals surface area contributed by atoms with Crippen LogP contribution in [0.15, 0.2) is 35.8 Å². The molecular weight excluding hydrogens is 291 g/mol. The van der Waals surface area contributed by atoms with Gasteiger partial charge in [0, 0.05) is 17.1 Å². The molecule has 1 atom stereocenters. The van der Waals surface area contributed by atoms with Gasteiger partial charge in [-0.1, -0.05) is 12.1 Å². The minimum atomic E-state index is -4.40. The maximum Gasteiger partial charge on any atom is 0.391 e. The Morgan fingerprint density at radius 3 is 2.80 bits per heavy atom. The molecule has 0 bridgehead atoms. The lowest BCUT2D eigenvalue weighted by Crippen LogP contribution is -2.25. The fraction of sp³-hybridized carbons (Fsp3) is 0.308. The Morgan fingerprint density at radius 1 is 1.35 bits per heavy atom. The number of benzene rings is 1. The standard InChI is InChI=1S/C13H12F3NO2S/c14-13(15,16)7-10(18)8-19-11-3-1-2-9(6-11)12-17-4-5-20-12/h1-6,10,18H,7-8H2/t10-/m1/s1. The molecule has 1 aromatic carbocycles. The third-order valence-electron chi connectivity index (χ3n) is 2.42. The summed E-state index contributed by atoms with van der Waals surface area (Å²) in [6.07, 6.45) is -5.58. The molecule has 0 aliphatic rings. The number of aromatic nitrogens is 1. The molecule has 0 spiro atoms. The van der Waals surface area contributed by atoms with Crippen LogP contribution in [0.3, 0.4) is 0 Å². The summed E-state index contributed by atoms with van der Waals surface area (Å²) in [6, 6.07) is 6.86. The summed E-state index contributed by atoms with van der Waals surface area (Å²) in [4.78, 5) is 4.14. The molecule has 0 radical (unpaired) electrons. The highest BCUT2D eigenvalue weighted by Gasteiger charge is 2.31. The van der Waals surface area contributed by atoms with E-state index in [1.807, 2.05) is 11.4 Å². The number of ether oxygens (including phenoxy) is 1. The van der Waals surface area contributed by atoms with Crippen molar-refractivity contribution in [2.24, 2.45) is 0 Å². The zero-order chi connectivity index (χ0) is 14.6. The molecule has 0 saturated heterocycles. The molecule has 2 aromatic rings. The molecule has 1 heterocycles. The summed E-state index contributed by atoms with van der Waals surface area (Å²) in [6.45, 7) is -0.402. The minimum absolute atomic E-state index is 0.402. The number of thiazole rings is 1. The second-order valence-electron chi connectivity index (χ2n) is 4.15. The van der Waals surface area contributed by atoms with Crippen LogP contribution >= 0.6 is 11.3 Å². The number of halogens is 3. The number of rotatable bonds is 5. The number of aliphatic hydroxyl groups excluding tert-OH is 1. The smallest absolute Gasteiger partial charge is 0.391 e. The first kappa shape index (κ1) is 14.8. The fourth-order valence-corrected chi connectivity index (χ4v) is 2.24. The van der Waals surface area contributed by atoms with Crippen molar-refractivity contribution in [3.05, 3.63) is 35.8 Å². The molecule has 20 heavy (non-hydrogen) atoms. The van der Waals surface area contributed by atoms with E-state index in [1.54, 1.807) is 24.4 Å². The topological polar surface area (TPSA) is 42.4 Å². The van der Waals surface area contributed by atoms with Crippen LogP contribution in [0, 0.1) is 0 Å². The first-order valence-electron chi connectivity index (χ1n) is 5.81. The molecule has 3 nitrogen and oxygen atoms in total. The largest absolute Gasteiger partial charge is 0.491 e. The Labute approximate surface area is 117 Å². The van der Waals surface area contributed by atoms with E-state index in [-0.39, 0.29) is 0 Å². The van der Waals surface area contributed by atoms with Crippen LogP contribution in [0.1, 0.15) is 6.42 Å². The van der Waals surface area contributed by atoms with E-state index in [9.17, 15) is 18.3 Å². The van der Waals surface area contributed by atoms with E-state index in [0.717, 1.165) is 10.6 Å². The van der Waals surface area contributed by atoms with Crippen molar-refractivity contribution in [1.29, 1.82) is 0 Å². The number of alkyl halides is 3. The van der Waals surface area contributed by atoms with E-state index in [1.165, 1.54) is 11.3 Å². The van der Waals surface area contributed by atoms with Gasteiger partial charge in [-0.05, 0) is 12.1 Å². The Kier molecular flexibility index (Phi) is 4.61. The molecule has 0 aliphatic carbocycles. The summed E-state index contributed by atoms with van der Waals surface area (Å²) >= 11 is 1.45. The molecule has 7 heteroatoms. The first-order chi connectivity index (χ1) is 9.44. The zero-order valence-corrected chi connectivity index (χ0v) is 11.1. The van der Waals surface area contributed by atoms with Crippen LogP contribution in [0.25, 0.3) is 10.6 Å². The zero-order valence-electron chi connectivity index (χ0n) is 10.3. The van der Waals surface area contributed by atoms with E-state index in [0.29, 0.717) is 5.75 Å². The molecular formula is C13H12F3NO2S. The molecule has 0 saturated carbocycles. The van der Waals surface area contributed by atoms with Gasteiger partial charge in [0.1, 0.15) is 17.4 Å². The number of nitrogens with zero attached hydrogens (tertiary/aromatic N) is 1. The average Bonchev–Trinajstić information content (AvgIpc) is 2.88. The van der Waals surface area contributed by atoms with Crippen LogP contribution in [0.2, 0.25) is 0 Å². The third-order valence-corrected chi connectivity index (χ3v) is 3.24. The van der Waals surface area contributed by atoms with Crippen molar-refractivity contribution >= 4 is 11.3 Å². The van der Waals surface area contributed by atoms with E-state index in [2.05, 4.69) is 4.98 Å². The van der Waals surface area contributed by atoms with E-state index >= 15 is 0 Å². The minimum Gasteiger partial charge on any atom is -0.491 e. The highest BCUT2D eigenvalue weighted by atomic mass is 32.1. The summed E-state index contributed by atoms with van der Waals surface area (Å²) in [7, 11) is 0. The second kappa shape index (κ2) is 6.23. The van der Waals surface area contributed by atoms with Crippen molar-refractivity contribution in [2.45, 2.75) is 18.7 Å². The van der Waals surface area contributed by atoms with Gasteiger partial charge in [-0.2, -0.15) is 13.2 Å². The van der Waals surface area contributed by atoms with Crippen molar-refractivity contribution in [3.8, 4) is 16.3 Å². The van der Waals surface area contributed by atoms with Crippen LogP contribution in [-0.4, -0.2) is 29.0 Å².